The average molecular weight is 182 g/mol. The van der Waals surface area contributed by atoms with Gasteiger partial charge in [-0.3, -0.25) is 0 Å². The Morgan fingerprint density at radius 3 is 2.14 bits per heavy atom. The Morgan fingerprint density at radius 1 is 0.714 bits per heavy atom. The predicted octanol–water partition coefficient (Wildman–Crippen LogP) is 3.87. The van der Waals surface area contributed by atoms with E-state index in [0.29, 0.717) is 0 Å². The summed E-state index contributed by atoms with van der Waals surface area (Å²) in [5, 5.41) is 0. The molecule has 0 saturated carbocycles. The standard InChI is InChI=1S/C14H14/c1-11-6-3-4-8-13-10-14(13)9-5-7-12(11)2/h3-10H,1-2H3. The SMILES string of the molecule is CC1=CC=CC=C2C=C2C=CC=C1C. The highest BCUT2D eigenvalue weighted by Crippen LogP contribution is 2.29. The molecule has 0 bridgehead atoms. The van der Waals surface area contributed by atoms with Crippen LogP contribution in [0.25, 0.3) is 0 Å². The third-order valence-corrected chi connectivity index (χ3v) is 2.54. The Bertz CT molecular complexity index is 421. The molecule has 0 amide bonds. The summed E-state index contributed by atoms with van der Waals surface area (Å²) >= 11 is 0. The second-order valence-corrected chi connectivity index (χ2v) is 3.67. The van der Waals surface area contributed by atoms with E-state index < -0.39 is 0 Å². The summed E-state index contributed by atoms with van der Waals surface area (Å²) in [6.45, 7) is 4.27. The van der Waals surface area contributed by atoms with Gasteiger partial charge in [-0.25, -0.2) is 0 Å². The lowest BCUT2D eigenvalue weighted by Crippen LogP contribution is -1.76. The second kappa shape index (κ2) is 3.67. The Labute approximate surface area is 85.3 Å². The van der Waals surface area contributed by atoms with Crippen molar-refractivity contribution >= 4 is 0 Å². The van der Waals surface area contributed by atoms with Crippen molar-refractivity contribution in [1.29, 1.82) is 0 Å². The number of hydrogen-bond donors (Lipinski definition) is 0. The first kappa shape index (κ1) is 9.01. The normalized spacial score (nSPS) is 19.9. The Kier molecular flexibility index (Phi) is 2.36. The number of fused-ring (bicyclic) bond motifs is 1. The smallest absolute Gasteiger partial charge is 0.0178 e. The minimum Gasteiger partial charge on any atom is -0.0620 e. The zero-order valence-electron chi connectivity index (χ0n) is 8.62. The molecule has 14 heavy (non-hydrogen) atoms. The molecular weight excluding hydrogens is 168 g/mol. The summed E-state index contributed by atoms with van der Waals surface area (Å²) in [6, 6.07) is 0. The van der Waals surface area contributed by atoms with Gasteiger partial charge >= 0.3 is 0 Å². The minimum atomic E-state index is 1.31. The third-order valence-electron chi connectivity index (χ3n) is 2.54. The van der Waals surface area contributed by atoms with Crippen molar-refractivity contribution in [2.75, 3.05) is 0 Å². The summed E-state index contributed by atoms with van der Waals surface area (Å²) in [5.41, 5.74) is 5.32. The van der Waals surface area contributed by atoms with Crippen molar-refractivity contribution < 1.29 is 0 Å². The van der Waals surface area contributed by atoms with Crippen LogP contribution in [0.1, 0.15) is 13.8 Å². The van der Waals surface area contributed by atoms with E-state index in [-0.39, 0.29) is 0 Å². The van der Waals surface area contributed by atoms with Gasteiger partial charge in [0.25, 0.3) is 0 Å². The molecule has 2 rings (SSSR count). The molecule has 0 aromatic heterocycles. The van der Waals surface area contributed by atoms with Crippen LogP contribution in [0, 0.1) is 0 Å². The maximum Gasteiger partial charge on any atom is -0.0178 e. The van der Waals surface area contributed by atoms with E-state index in [4.69, 9.17) is 0 Å². The molecule has 0 N–H and O–H groups in total. The fourth-order valence-corrected chi connectivity index (χ4v) is 1.34. The summed E-state index contributed by atoms with van der Waals surface area (Å²) in [7, 11) is 0. The molecule has 70 valence electrons. The summed E-state index contributed by atoms with van der Waals surface area (Å²) < 4.78 is 0. The second-order valence-electron chi connectivity index (χ2n) is 3.67. The molecule has 2 aliphatic rings. The fraction of sp³-hybridized carbons (Fsp3) is 0.143. The van der Waals surface area contributed by atoms with Crippen molar-refractivity contribution in [3.8, 4) is 0 Å². The van der Waals surface area contributed by atoms with Gasteiger partial charge in [0.1, 0.15) is 0 Å². The lowest BCUT2D eigenvalue weighted by Gasteiger charge is -1.96. The average Bonchev–Trinajstić information content (AvgIpc) is 2.89. The van der Waals surface area contributed by atoms with Gasteiger partial charge in [0.15, 0.2) is 0 Å². The molecular formula is C14H14. The molecule has 0 heterocycles. The summed E-state index contributed by atoms with van der Waals surface area (Å²) in [5.74, 6) is 0. The van der Waals surface area contributed by atoms with E-state index in [0.717, 1.165) is 0 Å². The summed E-state index contributed by atoms with van der Waals surface area (Å²) in [6.07, 6.45) is 17.1. The number of rotatable bonds is 0. The van der Waals surface area contributed by atoms with Gasteiger partial charge in [0.05, 0.1) is 0 Å². The van der Waals surface area contributed by atoms with Gasteiger partial charge in [0.2, 0.25) is 0 Å². The Hall–Kier alpha value is -1.56. The molecule has 0 heteroatoms. The first-order chi connectivity index (χ1) is 6.77. The first-order valence-electron chi connectivity index (χ1n) is 4.90. The van der Waals surface area contributed by atoms with Crippen LogP contribution >= 0.6 is 0 Å². The molecule has 0 spiro atoms. The van der Waals surface area contributed by atoms with Gasteiger partial charge in [-0.2, -0.15) is 0 Å². The largest absolute Gasteiger partial charge is 0.0620 e. The van der Waals surface area contributed by atoms with E-state index in [1.165, 1.54) is 22.3 Å². The highest BCUT2D eigenvalue weighted by Gasteiger charge is 2.10. The molecule has 0 aromatic rings. The van der Waals surface area contributed by atoms with Crippen LogP contribution in [0.15, 0.2) is 70.9 Å². The Morgan fingerprint density at radius 2 is 1.36 bits per heavy atom. The van der Waals surface area contributed by atoms with Gasteiger partial charge in [-0.05, 0) is 42.2 Å². The van der Waals surface area contributed by atoms with Crippen LogP contribution < -0.4 is 0 Å². The highest BCUT2D eigenvalue weighted by atomic mass is 14.1. The van der Waals surface area contributed by atoms with Crippen LogP contribution in [-0.4, -0.2) is 0 Å². The van der Waals surface area contributed by atoms with Crippen molar-refractivity contribution in [3.63, 3.8) is 0 Å². The van der Waals surface area contributed by atoms with Gasteiger partial charge in [-0.15, -0.1) is 0 Å². The maximum atomic E-state index is 2.18. The van der Waals surface area contributed by atoms with E-state index >= 15 is 0 Å². The molecule has 0 atom stereocenters. The quantitative estimate of drug-likeness (QED) is 0.533. The number of hydrogen-bond acceptors (Lipinski definition) is 0. The molecule has 0 aliphatic heterocycles. The maximum absolute atomic E-state index is 2.18. The third kappa shape index (κ3) is 2.02. The molecule has 0 saturated heterocycles. The van der Waals surface area contributed by atoms with Crippen molar-refractivity contribution in [2.45, 2.75) is 13.8 Å². The van der Waals surface area contributed by atoms with Crippen LogP contribution in [-0.2, 0) is 0 Å². The minimum absolute atomic E-state index is 1.31. The van der Waals surface area contributed by atoms with E-state index in [1.807, 2.05) is 0 Å². The lowest BCUT2D eigenvalue weighted by molar-refractivity contribution is 1.35. The van der Waals surface area contributed by atoms with Crippen LogP contribution in [0.5, 0.6) is 0 Å². The molecule has 0 fully saturated rings. The first-order valence-corrected chi connectivity index (χ1v) is 4.90. The van der Waals surface area contributed by atoms with Crippen LogP contribution in [0.3, 0.4) is 0 Å². The predicted molar refractivity (Wildman–Crippen MR) is 62.0 cm³/mol. The lowest BCUT2D eigenvalue weighted by atomic mass is 10.1. The van der Waals surface area contributed by atoms with Crippen molar-refractivity contribution in [1.82, 2.24) is 0 Å². The zero-order valence-corrected chi connectivity index (χ0v) is 8.62. The van der Waals surface area contributed by atoms with Gasteiger partial charge in [-0.1, -0.05) is 42.5 Å². The van der Waals surface area contributed by atoms with Crippen LogP contribution in [0.2, 0.25) is 0 Å². The van der Waals surface area contributed by atoms with Gasteiger partial charge < -0.3 is 0 Å². The van der Waals surface area contributed by atoms with E-state index in [1.54, 1.807) is 0 Å². The monoisotopic (exact) mass is 182 g/mol. The van der Waals surface area contributed by atoms with E-state index in [2.05, 4.69) is 62.5 Å². The van der Waals surface area contributed by atoms with Crippen molar-refractivity contribution in [3.05, 3.63) is 70.9 Å². The molecule has 0 radical (unpaired) electrons. The summed E-state index contributed by atoms with van der Waals surface area (Å²) in [4.78, 5) is 0. The molecule has 0 aromatic carbocycles. The topological polar surface area (TPSA) is 0 Å². The fourth-order valence-electron chi connectivity index (χ4n) is 1.34. The van der Waals surface area contributed by atoms with Crippen LogP contribution in [0.4, 0.5) is 0 Å². The number of allylic oxidation sites excluding steroid dienone is 12. The van der Waals surface area contributed by atoms with E-state index in [9.17, 15) is 0 Å². The Balaban J connectivity index is 2.30. The van der Waals surface area contributed by atoms with Crippen molar-refractivity contribution in [2.24, 2.45) is 0 Å². The molecule has 2 aliphatic carbocycles. The zero-order chi connectivity index (χ0) is 9.97. The molecule has 0 nitrogen and oxygen atoms in total. The molecule has 0 unspecified atom stereocenters. The van der Waals surface area contributed by atoms with Gasteiger partial charge in [0, 0.05) is 0 Å². The highest BCUT2D eigenvalue weighted by molar-refractivity contribution is 5.64.